The molecule has 1 saturated carbocycles. The van der Waals surface area contributed by atoms with Gasteiger partial charge in [0, 0.05) is 23.2 Å². The van der Waals surface area contributed by atoms with E-state index < -0.39 is 12.1 Å². The van der Waals surface area contributed by atoms with Gasteiger partial charge in [0.1, 0.15) is 5.75 Å². The minimum Gasteiger partial charge on any atom is -0.479 e. The molecule has 0 saturated heterocycles. The van der Waals surface area contributed by atoms with E-state index in [2.05, 4.69) is 5.32 Å². The molecule has 1 unspecified atom stereocenters. The first-order valence-electron chi connectivity index (χ1n) is 6.52. The van der Waals surface area contributed by atoms with Crippen molar-refractivity contribution in [3.05, 3.63) is 28.8 Å². The molecule has 0 amide bonds. The summed E-state index contributed by atoms with van der Waals surface area (Å²) in [5, 5.41) is 13.0. The summed E-state index contributed by atoms with van der Waals surface area (Å²) < 4.78 is 5.57. The Labute approximate surface area is 117 Å². The zero-order valence-corrected chi connectivity index (χ0v) is 11.6. The molecule has 4 nitrogen and oxygen atoms in total. The van der Waals surface area contributed by atoms with E-state index in [1.165, 1.54) is 12.8 Å². The van der Waals surface area contributed by atoms with Crippen molar-refractivity contribution in [1.29, 1.82) is 0 Å². The predicted octanol–water partition coefficient (Wildman–Crippen LogP) is 2.83. The summed E-state index contributed by atoms with van der Waals surface area (Å²) in [5.74, 6) is -0.404. The van der Waals surface area contributed by atoms with Crippen LogP contribution in [0, 0.1) is 0 Å². The lowest BCUT2D eigenvalue weighted by molar-refractivity contribution is -0.145. The second-order valence-electron chi connectivity index (χ2n) is 4.72. The van der Waals surface area contributed by atoms with Gasteiger partial charge in [-0.15, -0.1) is 0 Å². The molecule has 1 aliphatic carbocycles. The number of carbonyl (C=O) groups is 1. The largest absolute Gasteiger partial charge is 0.479 e. The second-order valence-corrected chi connectivity index (χ2v) is 5.13. The van der Waals surface area contributed by atoms with Gasteiger partial charge in [-0.2, -0.15) is 0 Å². The first-order valence-corrected chi connectivity index (χ1v) is 6.89. The first kappa shape index (κ1) is 14.2. The fourth-order valence-corrected chi connectivity index (χ4v) is 2.05. The molecule has 0 radical (unpaired) electrons. The minimum atomic E-state index is -0.955. The third-order valence-corrected chi connectivity index (χ3v) is 3.49. The van der Waals surface area contributed by atoms with Crippen LogP contribution >= 0.6 is 11.6 Å². The minimum absolute atomic E-state index is 0.414. The normalized spacial score (nSPS) is 16.1. The van der Waals surface area contributed by atoms with Crippen molar-refractivity contribution in [2.24, 2.45) is 0 Å². The summed E-state index contributed by atoms with van der Waals surface area (Å²) in [7, 11) is 0. The lowest BCUT2D eigenvalue weighted by atomic mass is 10.2. The van der Waals surface area contributed by atoms with E-state index in [-0.39, 0.29) is 0 Å². The molecule has 0 spiro atoms. The zero-order chi connectivity index (χ0) is 13.8. The quantitative estimate of drug-likeness (QED) is 0.808. The third kappa shape index (κ3) is 3.85. The molecule has 1 aromatic rings. The molecule has 0 bridgehead atoms. The monoisotopic (exact) mass is 283 g/mol. The highest BCUT2D eigenvalue weighted by Gasteiger charge is 2.23. The maximum atomic E-state index is 11.0. The number of carboxylic acids is 1. The predicted molar refractivity (Wildman–Crippen MR) is 73.7 cm³/mol. The summed E-state index contributed by atoms with van der Waals surface area (Å²) in [6.07, 6.45) is 1.95. The van der Waals surface area contributed by atoms with E-state index in [0.29, 0.717) is 29.8 Å². The number of rotatable bonds is 7. The Morgan fingerprint density at radius 2 is 2.32 bits per heavy atom. The smallest absolute Gasteiger partial charge is 0.344 e. The Balaban J connectivity index is 2.12. The molecule has 1 aliphatic rings. The number of carboxylic acid groups (broad SMARTS) is 1. The Hall–Kier alpha value is -1.26. The van der Waals surface area contributed by atoms with Crippen LogP contribution in [0.15, 0.2) is 18.2 Å². The molecule has 0 aromatic heterocycles. The molecule has 1 fully saturated rings. The van der Waals surface area contributed by atoms with Crippen LogP contribution in [0.5, 0.6) is 5.75 Å². The van der Waals surface area contributed by atoms with Gasteiger partial charge in [0.25, 0.3) is 0 Å². The number of nitrogens with one attached hydrogen (secondary N) is 1. The van der Waals surface area contributed by atoms with Crippen molar-refractivity contribution in [2.45, 2.75) is 44.9 Å². The summed E-state index contributed by atoms with van der Waals surface area (Å²) in [6.45, 7) is 2.39. The van der Waals surface area contributed by atoms with Gasteiger partial charge in [-0.1, -0.05) is 24.6 Å². The van der Waals surface area contributed by atoms with Crippen LogP contribution in [-0.4, -0.2) is 23.2 Å². The molecule has 5 heteroatoms. The molecule has 2 N–H and O–H groups in total. The van der Waals surface area contributed by atoms with Crippen molar-refractivity contribution in [2.75, 3.05) is 0 Å². The van der Waals surface area contributed by atoms with E-state index in [4.69, 9.17) is 21.4 Å². The Kier molecular flexibility index (Phi) is 4.66. The van der Waals surface area contributed by atoms with Crippen LogP contribution in [0.2, 0.25) is 5.02 Å². The number of hydrogen-bond acceptors (Lipinski definition) is 3. The second kappa shape index (κ2) is 6.26. The van der Waals surface area contributed by atoms with Crippen LogP contribution in [0.4, 0.5) is 0 Å². The summed E-state index contributed by atoms with van der Waals surface area (Å²) in [5.41, 5.74) is 0.829. The van der Waals surface area contributed by atoms with Gasteiger partial charge in [0.05, 0.1) is 0 Å². The third-order valence-electron chi connectivity index (χ3n) is 3.14. The topological polar surface area (TPSA) is 58.6 Å². The van der Waals surface area contributed by atoms with Gasteiger partial charge in [0.2, 0.25) is 0 Å². The summed E-state index contributed by atoms with van der Waals surface area (Å²) in [6, 6.07) is 5.89. The molecule has 0 heterocycles. The van der Waals surface area contributed by atoms with Gasteiger partial charge < -0.3 is 15.2 Å². The molecular formula is C14H18ClNO3. The van der Waals surface area contributed by atoms with Gasteiger partial charge in [-0.05, 0) is 31.4 Å². The molecule has 19 heavy (non-hydrogen) atoms. The molecule has 2 rings (SSSR count). The fraction of sp³-hybridized carbons (Fsp3) is 0.500. The Morgan fingerprint density at radius 3 is 2.89 bits per heavy atom. The standard InChI is InChI=1S/C14H18ClNO3/c1-2-12(14(17)18)19-13-5-3-4-11(15)10(13)8-16-9-6-7-9/h3-5,9,12,16H,2,6-8H2,1H3,(H,17,18). The molecule has 104 valence electrons. The van der Waals surface area contributed by atoms with Crippen molar-refractivity contribution in [3.8, 4) is 5.75 Å². The number of ether oxygens (including phenoxy) is 1. The number of hydrogen-bond donors (Lipinski definition) is 2. The van der Waals surface area contributed by atoms with E-state index in [1.807, 2.05) is 0 Å². The summed E-state index contributed by atoms with van der Waals surface area (Å²) in [4.78, 5) is 11.0. The highest BCUT2D eigenvalue weighted by Crippen LogP contribution is 2.29. The van der Waals surface area contributed by atoms with Crippen molar-refractivity contribution >= 4 is 17.6 Å². The maximum absolute atomic E-state index is 11.0. The van der Waals surface area contributed by atoms with E-state index in [1.54, 1.807) is 25.1 Å². The average Bonchev–Trinajstić information content (AvgIpc) is 3.18. The van der Waals surface area contributed by atoms with Crippen molar-refractivity contribution < 1.29 is 14.6 Å². The van der Waals surface area contributed by atoms with Crippen LogP contribution in [-0.2, 0) is 11.3 Å². The van der Waals surface area contributed by atoms with Crippen LogP contribution in [0.3, 0.4) is 0 Å². The SMILES string of the molecule is CCC(Oc1cccc(Cl)c1CNC1CC1)C(=O)O. The molecule has 1 atom stereocenters. The van der Waals surface area contributed by atoms with Gasteiger partial charge in [-0.3, -0.25) is 0 Å². The van der Waals surface area contributed by atoms with Crippen LogP contribution in [0.25, 0.3) is 0 Å². The van der Waals surface area contributed by atoms with E-state index >= 15 is 0 Å². The summed E-state index contributed by atoms with van der Waals surface area (Å²) >= 11 is 6.17. The fourth-order valence-electron chi connectivity index (χ4n) is 1.82. The lowest BCUT2D eigenvalue weighted by Gasteiger charge is -2.17. The first-order chi connectivity index (χ1) is 9.11. The van der Waals surface area contributed by atoms with Crippen molar-refractivity contribution in [1.82, 2.24) is 5.32 Å². The molecule has 0 aliphatic heterocycles. The Morgan fingerprint density at radius 1 is 1.58 bits per heavy atom. The highest BCUT2D eigenvalue weighted by atomic mass is 35.5. The number of benzene rings is 1. The van der Waals surface area contributed by atoms with Crippen LogP contribution < -0.4 is 10.1 Å². The van der Waals surface area contributed by atoms with Gasteiger partial charge in [-0.25, -0.2) is 4.79 Å². The Bertz CT molecular complexity index is 460. The molecular weight excluding hydrogens is 266 g/mol. The number of aliphatic carboxylic acids is 1. The number of halogens is 1. The zero-order valence-electron chi connectivity index (χ0n) is 10.9. The van der Waals surface area contributed by atoms with E-state index in [0.717, 1.165) is 5.56 Å². The van der Waals surface area contributed by atoms with Gasteiger partial charge >= 0.3 is 5.97 Å². The maximum Gasteiger partial charge on any atom is 0.344 e. The molecule has 1 aromatic carbocycles. The van der Waals surface area contributed by atoms with Crippen molar-refractivity contribution in [3.63, 3.8) is 0 Å². The van der Waals surface area contributed by atoms with Gasteiger partial charge in [0.15, 0.2) is 6.10 Å². The average molecular weight is 284 g/mol. The highest BCUT2D eigenvalue weighted by molar-refractivity contribution is 6.31. The lowest BCUT2D eigenvalue weighted by Crippen LogP contribution is -2.27. The van der Waals surface area contributed by atoms with Crippen LogP contribution in [0.1, 0.15) is 31.7 Å². The van der Waals surface area contributed by atoms with E-state index in [9.17, 15) is 4.79 Å².